The lowest BCUT2D eigenvalue weighted by atomic mass is 10.1. The van der Waals surface area contributed by atoms with Crippen molar-refractivity contribution in [2.24, 2.45) is 0 Å². The van der Waals surface area contributed by atoms with Crippen LogP contribution in [0.1, 0.15) is 70.6 Å². The third-order valence-corrected chi connectivity index (χ3v) is 6.51. The van der Waals surface area contributed by atoms with E-state index in [0.717, 1.165) is 37.0 Å². The van der Waals surface area contributed by atoms with Crippen molar-refractivity contribution in [3.05, 3.63) is 0 Å². The molecule has 7 nitrogen and oxygen atoms in total. The molecular formula is C22H47N2O5S+. The number of rotatable bonds is 19. The number of hydrogen-bond acceptors (Lipinski definition) is 5. The average molecular weight is 452 g/mol. The van der Waals surface area contributed by atoms with E-state index >= 15 is 0 Å². The minimum absolute atomic E-state index is 0.141. The van der Waals surface area contributed by atoms with Gasteiger partial charge < -0.3 is 18.3 Å². The standard InChI is InChI=1S/C22H47N2O5S/c1-23(2,19-16-20-30(26,27)28)17-14-12-10-8-6-7-9-11-13-15-18-24(3,4)21-22(25)29-5/h6-21H2,1-5H3/q+1. The number of esters is 1. The summed E-state index contributed by atoms with van der Waals surface area (Å²) in [6.45, 7) is 3.22. The Balaban J connectivity index is 3.53. The van der Waals surface area contributed by atoms with Crippen molar-refractivity contribution in [1.29, 1.82) is 0 Å². The third-order valence-electron chi connectivity index (χ3n) is 5.72. The smallest absolute Gasteiger partial charge is 0.361 e. The quantitative estimate of drug-likeness (QED) is 0.130. The molecule has 0 aliphatic carbocycles. The number of nitrogens with zero attached hydrogens (tertiary/aromatic N) is 2. The predicted octanol–water partition coefficient (Wildman–Crippen LogP) is 3.15. The lowest BCUT2D eigenvalue weighted by Crippen LogP contribution is -2.44. The summed E-state index contributed by atoms with van der Waals surface area (Å²) >= 11 is 0. The van der Waals surface area contributed by atoms with Crippen LogP contribution < -0.4 is 0 Å². The summed E-state index contributed by atoms with van der Waals surface area (Å²) in [4.78, 5) is 11.4. The molecule has 0 unspecified atom stereocenters. The molecule has 30 heavy (non-hydrogen) atoms. The predicted molar refractivity (Wildman–Crippen MR) is 121 cm³/mol. The molecule has 0 aromatic rings. The molecule has 0 atom stereocenters. The van der Waals surface area contributed by atoms with E-state index in [9.17, 15) is 17.8 Å². The Morgan fingerprint density at radius 3 is 1.47 bits per heavy atom. The van der Waals surface area contributed by atoms with E-state index in [1.165, 1.54) is 58.5 Å². The summed E-state index contributed by atoms with van der Waals surface area (Å²) in [6.07, 6.45) is 12.9. The second kappa shape index (κ2) is 15.2. The minimum atomic E-state index is -4.08. The summed E-state index contributed by atoms with van der Waals surface area (Å²) in [7, 11) is 5.72. The van der Waals surface area contributed by atoms with Gasteiger partial charge in [-0.15, -0.1) is 0 Å². The van der Waals surface area contributed by atoms with Gasteiger partial charge in [0.1, 0.15) is 0 Å². The van der Waals surface area contributed by atoms with Crippen LogP contribution in [0.25, 0.3) is 0 Å². The van der Waals surface area contributed by atoms with Gasteiger partial charge in [-0.3, -0.25) is 0 Å². The SMILES string of the molecule is COC(=O)C[N+](C)(C)CCCCCCCCCCCC[N+](C)(C)CCCS(=O)(=O)[O-]. The Morgan fingerprint density at radius 2 is 1.07 bits per heavy atom. The van der Waals surface area contributed by atoms with E-state index in [2.05, 4.69) is 28.2 Å². The monoisotopic (exact) mass is 451 g/mol. The van der Waals surface area contributed by atoms with Crippen LogP contribution >= 0.6 is 0 Å². The van der Waals surface area contributed by atoms with Crippen molar-refractivity contribution >= 4 is 16.1 Å². The molecule has 0 fully saturated rings. The van der Waals surface area contributed by atoms with Crippen LogP contribution in [-0.4, -0.2) is 95.1 Å². The lowest BCUT2D eigenvalue weighted by Gasteiger charge is -2.30. The van der Waals surface area contributed by atoms with Crippen LogP contribution in [0.2, 0.25) is 0 Å². The van der Waals surface area contributed by atoms with Gasteiger partial charge in [0, 0.05) is 12.2 Å². The number of hydrogen-bond donors (Lipinski definition) is 0. The number of methoxy groups -OCH3 is 1. The van der Waals surface area contributed by atoms with Crippen LogP contribution in [-0.2, 0) is 19.6 Å². The van der Waals surface area contributed by atoms with Gasteiger partial charge in [-0.25, -0.2) is 13.2 Å². The van der Waals surface area contributed by atoms with Gasteiger partial charge in [0.2, 0.25) is 0 Å². The number of unbranched alkanes of at least 4 members (excludes halogenated alkanes) is 9. The second-order valence-corrected chi connectivity index (χ2v) is 11.5. The molecule has 0 aromatic heterocycles. The number of quaternary nitrogens is 2. The zero-order chi connectivity index (χ0) is 23.1. The molecule has 180 valence electrons. The zero-order valence-electron chi connectivity index (χ0n) is 20.2. The molecule has 0 radical (unpaired) electrons. The fraction of sp³-hybridized carbons (Fsp3) is 0.955. The first-order valence-electron chi connectivity index (χ1n) is 11.5. The maximum absolute atomic E-state index is 11.4. The molecule has 0 aromatic carbocycles. The van der Waals surface area contributed by atoms with Crippen molar-refractivity contribution in [3.63, 3.8) is 0 Å². The number of ether oxygens (including phenoxy) is 1. The highest BCUT2D eigenvalue weighted by atomic mass is 32.2. The van der Waals surface area contributed by atoms with Crippen molar-refractivity contribution < 1.29 is 31.5 Å². The molecule has 0 saturated carbocycles. The average Bonchev–Trinajstić information content (AvgIpc) is 2.60. The fourth-order valence-electron chi connectivity index (χ4n) is 3.77. The van der Waals surface area contributed by atoms with Gasteiger partial charge in [0.15, 0.2) is 6.54 Å². The maximum Gasteiger partial charge on any atom is 0.361 e. The highest BCUT2D eigenvalue weighted by Crippen LogP contribution is 2.13. The molecule has 0 aliphatic heterocycles. The van der Waals surface area contributed by atoms with Gasteiger partial charge in [-0.2, -0.15) is 0 Å². The molecule has 0 bridgehead atoms. The molecule has 0 rings (SSSR count). The maximum atomic E-state index is 11.4. The highest BCUT2D eigenvalue weighted by Gasteiger charge is 2.19. The van der Waals surface area contributed by atoms with Crippen LogP contribution in [0.3, 0.4) is 0 Å². The van der Waals surface area contributed by atoms with Crippen molar-refractivity contribution in [2.75, 3.05) is 67.2 Å². The van der Waals surface area contributed by atoms with Crippen LogP contribution in [0.5, 0.6) is 0 Å². The first-order valence-corrected chi connectivity index (χ1v) is 13.1. The molecule has 0 spiro atoms. The summed E-state index contributed by atoms with van der Waals surface area (Å²) in [6, 6.07) is 0. The summed E-state index contributed by atoms with van der Waals surface area (Å²) < 4.78 is 38.3. The molecule has 0 aliphatic rings. The summed E-state index contributed by atoms with van der Waals surface area (Å²) in [5.41, 5.74) is 0. The van der Waals surface area contributed by atoms with Gasteiger partial charge in [-0.1, -0.05) is 38.5 Å². The molecule has 0 saturated heterocycles. The van der Waals surface area contributed by atoms with Gasteiger partial charge >= 0.3 is 5.97 Å². The largest absolute Gasteiger partial charge is 0.748 e. The van der Waals surface area contributed by atoms with E-state index in [0.29, 0.717) is 17.4 Å². The first kappa shape index (κ1) is 29.3. The zero-order valence-corrected chi connectivity index (χ0v) is 21.0. The number of carbonyl (C=O) groups excluding carboxylic acids is 1. The molecular weight excluding hydrogens is 404 g/mol. The Kier molecular flexibility index (Phi) is 14.8. The van der Waals surface area contributed by atoms with Crippen LogP contribution in [0.4, 0.5) is 0 Å². The van der Waals surface area contributed by atoms with Gasteiger partial charge in [0.25, 0.3) is 0 Å². The van der Waals surface area contributed by atoms with Crippen molar-refractivity contribution in [2.45, 2.75) is 70.6 Å². The Labute approximate surface area is 185 Å². The van der Waals surface area contributed by atoms with E-state index in [4.69, 9.17) is 4.74 Å². The minimum Gasteiger partial charge on any atom is -0.748 e. The summed E-state index contributed by atoms with van der Waals surface area (Å²) in [5.74, 6) is -0.392. The fourth-order valence-corrected chi connectivity index (χ4v) is 4.25. The first-order chi connectivity index (χ1) is 13.9. The highest BCUT2D eigenvalue weighted by molar-refractivity contribution is 7.85. The van der Waals surface area contributed by atoms with Gasteiger partial charge in [-0.05, 0) is 25.7 Å². The van der Waals surface area contributed by atoms with Gasteiger partial charge in [0.05, 0.1) is 65.1 Å². The van der Waals surface area contributed by atoms with Crippen molar-refractivity contribution in [3.8, 4) is 0 Å². The van der Waals surface area contributed by atoms with E-state index in [-0.39, 0.29) is 11.7 Å². The van der Waals surface area contributed by atoms with E-state index < -0.39 is 10.1 Å². The number of carbonyl (C=O) groups is 1. The van der Waals surface area contributed by atoms with Crippen molar-refractivity contribution in [1.82, 2.24) is 0 Å². The van der Waals surface area contributed by atoms with Crippen LogP contribution in [0, 0.1) is 0 Å². The molecule has 0 N–H and O–H groups in total. The Bertz CT molecular complexity index is 562. The Morgan fingerprint density at radius 1 is 0.700 bits per heavy atom. The van der Waals surface area contributed by atoms with Crippen LogP contribution in [0.15, 0.2) is 0 Å². The van der Waals surface area contributed by atoms with E-state index in [1.807, 2.05) is 0 Å². The molecule has 8 heteroatoms. The lowest BCUT2D eigenvalue weighted by molar-refractivity contribution is -0.890. The third kappa shape index (κ3) is 19.3. The molecule has 0 heterocycles. The molecule has 0 amide bonds. The van der Waals surface area contributed by atoms with E-state index in [1.54, 1.807) is 0 Å². The second-order valence-electron chi connectivity index (χ2n) is 9.93. The number of likely N-dealkylation sites (N-methyl/N-ethyl adjacent to an activating group) is 1. The topological polar surface area (TPSA) is 83.5 Å². The normalized spacial score (nSPS) is 12.9. The summed E-state index contributed by atoms with van der Waals surface area (Å²) in [5, 5.41) is 0. The Hall–Kier alpha value is -0.700.